The highest BCUT2D eigenvalue weighted by Gasteiger charge is 2.23. The van der Waals surface area contributed by atoms with E-state index in [1.54, 1.807) is 28.6 Å². The van der Waals surface area contributed by atoms with Crippen LogP contribution < -0.4 is 20.9 Å². The van der Waals surface area contributed by atoms with Crippen LogP contribution in [0.4, 0.5) is 17.2 Å². The number of benzene rings is 1. The second kappa shape index (κ2) is 7.62. The van der Waals surface area contributed by atoms with Crippen LogP contribution in [0, 0.1) is 0 Å². The van der Waals surface area contributed by atoms with Gasteiger partial charge in [-0.3, -0.25) is 14.8 Å². The summed E-state index contributed by atoms with van der Waals surface area (Å²) in [6.07, 6.45) is 6.30. The van der Waals surface area contributed by atoms with Crippen molar-refractivity contribution >= 4 is 34.8 Å². The van der Waals surface area contributed by atoms with E-state index in [-0.39, 0.29) is 23.7 Å². The first kappa shape index (κ1) is 20.3. The molecule has 172 valence electrons. The lowest BCUT2D eigenvalue weighted by molar-refractivity contribution is -0.116. The minimum atomic E-state index is -0.137. The van der Waals surface area contributed by atoms with Gasteiger partial charge in [-0.15, -0.1) is 0 Å². The average Bonchev–Trinajstić information content (AvgIpc) is 3.21. The fourth-order valence-electron chi connectivity index (χ4n) is 4.27. The van der Waals surface area contributed by atoms with Crippen LogP contribution in [0.3, 0.4) is 0 Å². The van der Waals surface area contributed by atoms with Gasteiger partial charge in [0.1, 0.15) is 5.82 Å². The molecule has 6 rings (SSSR count). The number of rotatable bonds is 4. The number of carbonyl (C=O) groups excluding carboxylic acids is 1. The molecule has 4 aromatic rings. The minimum absolute atomic E-state index is 0.0273. The van der Waals surface area contributed by atoms with Crippen molar-refractivity contribution in [3.05, 3.63) is 58.4 Å². The van der Waals surface area contributed by atoms with E-state index in [1.807, 2.05) is 24.3 Å². The summed E-state index contributed by atoms with van der Waals surface area (Å²) in [6.45, 7) is 2.27. The molecule has 1 saturated carbocycles. The molecule has 10 nitrogen and oxygen atoms in total. The largest absolute Gasteiger partial charge is 0.494 e. The van der Waals surface area contributed by atoms with Crippen molar-refractivity contribution in [2.45, 2.75) is 32.2 Å². The van der Waals surface area contributed by atoms with E-state index in [4.69, 9.17) is 9.98 Å². The fourth-order valence-corrected chi connectivity index (χ4v) is 4.27. The number of fused-ring (bicyclic) bond motifs is 2. The van der Waals surface area contributed by atoms with Gasteiger partial charge in [0.15, 0.2) is 22.9 Å². The second-order valence-corrected chi connectivity index (χ2v) is 8.69. The van der Waals surface area contributed by atoms with Gasteiger partial charge < -0.3 is 20.4 Å². The second-order valence-electron chi connectivity index (χ2n) is 8.69. The maximum absolute atomic E-state index is 12.0. The van der Waals surface area contributed by atoms with Crippen molar-refractivity contribution in [3.8, 4) is 11.8 Å². The molecule has 3 aromatic heterocycles. The molecule has 0 atom stereocenters. The summed E-state index contributed by atoms with van der Waals surface area (Å²) < 4.78 is 1.68. The summed E-state index contributed by atoms with van der Waals surface area (Å²) in [6, 6.07) is 9.56. The molecule has 1 aromatic carbocycles. The molecule has 34 heavy (non-hydrogen) atoms. The summed E-state index contributed by atoms with van der Waals surface area (Å²) in [7, 11) is 0. The smallest absolute Gasteiger partial charge is 0.223 e. The van der Waals surface area contributed by atoms with E-state index in [0.29, 0.717) is 34.3 Å². The Kier molecular flexibility index (Phi) is 4.54. The van der Waals surface area contributed by atoms with Crippen molar-refractivity contribution in [1.82, 2.24) is 19.6 Å². The highest BCUT2D eigenvalue weighted by atomic mass is 16.3. The normalized spacial score (nSPS) is 16.4. The Morgan fingerprint density at radius 1 is 1.26 bits per heavy atom. The minimum Gasteiger partial charge on any atom is -0.494 e. The first-order valence-electron chi connectivity index (χ1n) is 11.2. The topological polar surface area (TPSA) is 131 Å². The third-order valence-electron chi connectivity index (χ3n) is 6.10. The van der Waals surface area contributed by atoms with E-state index in [1.165, 1.54) is 6.07 Å². The Hall–Kier alpha value is -4.34. The molecular weight excluding hydrogens is 434 g/mol. The highest BCUT2D eigenvalue weighted by molar-refractivity contribution is 5.94. The molecule has 2 aliphatic rings. The predicted octanol–water partition coefficient (Wildman–Crippen LogP) is 1.73. The number of anilines is 3. The molecule has 4 heterocycles. The average molecular weight is 457 g/mol. The standard InChI is InChI=1S/C24H23N7O3/c1-13(32)30-7-6-14-2-3-18(10-19(14)30)26-20-11-21(27-17-4-5-17)31-23(28-20)16(12-25-31)8-15-9-22(33)29-24(15)34/h2-3,8-12,17,26,29,33-34H,4-7H2,1H3. The van der Waals surface area contributed by atoms with Crippen LogP contribution >= 0.6 is 0 Å². The van der Waals surface area contributed by atoms with E-state index in [0.717, 1.165) is 36.2 Å². The van der Waals surface area contributed by atoms with Crippen LogP contribution in [0.2, 0.25) is 0 Å². The molecule has 0 spiro atoms. The van der Waals surface area contributed by atoms with Crippen molar-refractivity contribution in [2.75, 3.05) is 16.8 Å². The Bertz CT molecular complexity index is 1570. The predicted molar refractivity (Wildman–Crippen MR) is 126 cm³/mol. The molecule has 0 radical (unpaired) electrons. The lowest BCUT2D eigenvalue weighted by Crippen LogP contribution is -2.25. The van der Waals surface area contributed by atoms with Crippen LogP contribution in [0.15, 0.2) is 41.5 Å². The summed E-state index contributed by atoms with van der Waals surface area (Å²) in [4.78, 5) is 25.8. The zero-order chi connectivity index (χ0) is 23.4. The van der Waals surface area contributed by atoms with Crippen LogP contribution in [0.5, 0.6) is 11.8 Å². The lowest BCUT2D eigenvalue weighted by atomic mass is 10.1. The number of aromatic nitrogens is 4. The van der Waals surface area contributed by atoms with Gasteiger partial charge in [0.05, 0.1) is 12.2 Å². The van der Waals surface area contributed by atoms with Crippen LogP contribution in [0.25, 0.3) is 11.7 Å². The molecule has 4 N–H and O–H groups in total. The van der Waals surface area contributed by atoms with Crippen molar-refractivity contribution < 1.29 is 15.0 Å². The number of hydrogen-bond donors (Lipinski definition) is 4. The van der Waals surface area contributed by atoms with Gasteiger partial charge in [0.2, 0.25) is 5.91 Å². The van der Waals surface area contributed by atoms with E-state index < -0.39 is 0 Å². The van der Waals surface area contributed by atoms with Gasteiger partial charge in [0.25, 0.3) is 0 Å². The Morgan fingerprint density at radius 2 is 2.12 bits per heavy atom. The van der Waals surface area contributed by atoms with Crippen molar-refractivity contribution in [3.63, 3.8) is 0 Å². The van der Waals surface area contributed by atoms with Crippen molar-refractivity contribution in [1.29, 1.82) is 0 Å². The number of aromatic amines is 1. The molecule has 0 saturated heterocycles. The van der Waals surface area contributed by atoms with Gasteiger partial charge in [-0.05, 0) is 43.0 Å². The highest BCUT2D eigenvalue weighted by Crippen LogP contribution is 2.32. The molecular formula is C24H23N7O3. The van der Waals surface area contributed by atoms with E-state index in [2.05, 4.69) is 15.4 Å². The molecule has 10 heteroatoms. The number of carbonyl (C=O) groups is 1. The molecule has 0 bridgehead atoms. The lowest BCUT2D eigenvalue weighted by Gasteiger charge is -2.16. The van der Waals surface area contributed by atoms with Crippen LogP contribution in [-0.2, 0) is 11.2 Å². The summed E-state index contributed by atoms with van der Waals surface area (Å²) in [5.41, 5.74) is 4.56. The Labute approximate surface area is 193 Å². The molecule has 1 aliphatic carbocycles. The zero-order valence-corrected chi connectivity index (χ0v) is 18.5. The van der Waals surface area contributed by atoms with Gasteiger partial charge in [0, 0.05) is 47.8 Å². The third kappa shape index (κ3) is 3.62. The van der Waals surface area contributed by atoms with Gasteiger partial charge in [-0.25, -0.2) is 4.98 Å². The first-order chi connectivity index (χ1) is 16.4. The number of amides is 1. The first-order valence-corrected chi connectivity index (χ1v) is 11.2. The number of H-pyrrole nitrogens is 1. The maximum atomic E-state index is 12.0. The summed E-state index contributed by atoms with van der Waals surface area (Å²) in [5.74, 6) is 0.355. The number of nitrogens with one attached hydrogen (secondary N) is 2. The third-order valence-corrected chi connectivity index (χ3v) is 6.10. The summed E-state index contributed by atoms with van der Waals surface area (Å²) >= 11 is 0. The number of aromatic hydroxyl groups is 2. The summed E-state index contributed by atoms with van der Waals surface area (Å²) in [5, 5.41) is 28.1. The Morgan fingerprint density at radius 3 is 2.85 bits per heavy atom. The Balaban J connectivity index is 1.45. The number of hydrogen-bond acceptors (Lipinski definition) is 7. The van der Waals surface area contributed by atoms with Gasteiger partial charge in [-0.2, -0.15) is 9.61 Å². The monoisotopic (exact) mass is 457 g/mol. The van der Waals surface area contributed by atoms with E-state index >= 15 is 0 Å². The van der Waals surface area contributed by atoms with Crippen LogP contribution in [-0.4, -0.2) is 48.3 Å². The number of nitrogens with zero attached hydrogens (tertiary/aromatic N) is 5. The fraction of sp³-hybridized carbons (Fsp3) is 0.250. The van der Waals surface area contributed by atoms with Gasteiger partial charge >= 0.3 is 0 Å². The van der Waals surface area contributed by atoms with Crippen molar-refractivity contribution in [2.24, 2.45) is 4.99 Å². The zero-order valence-electron chi connectivity index (χ0n) is 18.5. The molecule has 1 fully saturated rings. The van der Waals surface area contributed by atoms with E-state index in [9.17, 15) is 15.0 Å². The van der Waals surface area contributed by atoms with Crippen LogP contribution in [0.1, 0.15) is 30.9 Å². The molecule has 0 unspecified atom stereocenters. The van der Waals surface area contributed by atoms with Gasteiger partial charge in [-0.1, -0.05) is 6.07 Å². The molecule has 1 amide bonds. The quantitative estimate of drug-likeness (QED) is 0.369. The SMILES string of the molecule is CC(=O)N1CCc2ccc(Nc3cc(=NC4CC4)n4ncc(=Cc5cc(O)[nH]c5O)c4n3)cc21. The molecule has 1 aliphatic heterocycles. The maximum Gasteiger partial charge on any atom is 0.223 e.